The van der Waals surface area contributed by atoms with E-state index in [4.69, 9.17) is 35.4 Å². The molecular formula is C16H9Cl2N3O3S2. The molecule has 0 radical (unpaired) electrons. The van der Waals surface area contributed by atoms with Crippen LogP contribution in [0.4, 0.5) is 11.4 Å². The highest BCUT2D eigenvalue weighted by atomic mass is 35.5. The number of halogens is 2. The van der Waals surface area contributed by atoms with Crippen LogP contribution in [0.1, 0.15) is 5.56 Å². The summed E-state index contributed by atoms with van der Waals surface area (Å²) in [7, 11) is 0. The Morgan fingerprint density at radius 1 is 1.15 bits per heavy atom. The second kappa shape index (κ2) is 7.63. The van der Waals surface area contributed by atoms with Crippen LogP contribution in [0.2, 0.25) is 10.0 Å². The number of nitro benzene ring substituents is 1. The first-order valence-corrected chi connectivity index (χ1v) is 9.08. The van der Waals surface area contributed by atoms with E-state index >= 15 is 0 Å². The van der Waals surface area contributed by atoms with Crippen LogP contribution in [-0.4, -0.2) is 20.2 Å². The van der Waals surface area contributed by atoms with Crippen molar-refractivity contribution in [2.24, 2.45) is 0 Å². The average Bonchev–Trinajstić information content (AvgIpc) is 2.86. The number of para-hydroxylation sites is 2. The van der Waals surface area contributed by atoms with Crippen LogP contribution in [0.25, 0.3) is 6.08 Å². The highest BCUT2D eigenvalue weighted by Crippen LogP contribution is 2.36. The van der Waals surface area contributed by atoms with Crippen LogP contribution in [0, 0.1) is 10.1 Å². The Hall–Kier alpha value is -2.13. The SMILES string of the molecule is O=C1/C(=C\c2c(Cl)cccc2Cl)SC(=S)N1Nc1ccccc1[N+](=O)[O-]. The Kier molecular flexibility index (Phi) is 5.47. The first kappa shape index (κ1) is 18.7. The van der Waals surface area contributed by atoms with Gasteiger partial charge in [-0.3, -0.25) is 20.3 Å². The van der Waals surface area contributed by atoms with E-state index in [1.54, 1.807) is 30.3 Å². The number of nitrogens with zero attached hydrogens (tertiary/aromatic N) is 2. The molecule has 2 aromatic carbocycles. The van der Waals surface area contributed by atoms with Crippen molar-refractivity contribution in [3.63, 3.8) is 0 Å². The van der Waals surface area contributed by atoms with Crippen LogP contribution in [0.15, 0.2) is 47.4 Å². The Morgan fingerprint density at radius 3 is 2.46 bits per heavy atom. The predicted molar refractivity (Wildman–Crippen MR) is 108 cm³/mol. The van der Waals surface area contributed by atoms with Gasteiger partial charge in [0.15, 0.2) is 4.32 Å². The van der Waals surface area contributed by atoms with Crippen LogP contribution >= 0.6 is 47.2 Å². The summed E-state index contributed by atoms with van der Waals surface area (Å²) in [4.78, 5) is 23.5. The first-order chi connectivity index (χ1) is 12.4. The normalized spacial score (nSPS) is 15.6. The van der Waals surface area contributed by atoms with Crippen molar-refractivity contribution in [1.82, 2.24) is 5.01 Å². The number of anilines is 1. The van der Waals surface area contributed by atoms with Gasteiger partial charge in [0.1, 0.15) is 5.69 Å². The molecule has 1 N–H and O–H groups in total. The van der Waals surface area contributed by atoms with Gasteiger partial charge in [0.25, 0.3) is 11.6 Å². The van der Waals surface area contributed by atoms with E-state index in [0.29, 0.717) is 20.5 Å². The predicted octanol–water partition coefficient (Wildman–Crippen LogP) is 5.13. The van der Waals surface area contributed by atoms with Gasteiger partial charge < -0.3 is 0 Å². The highest BCUT2D eigenvalue weighted by Gasteiger charge is 2.34. The van der Waals surface area contributed by atoms with Gasteiger partial charge in [0.2, 0.25) is 0 Å². The van der Waals surface area contributed by atoms with Crippen LogP contribution in [0.5, 0.6) is 0 Å². The van der Waals surface area contributed by atoms with Gasteiger partial charge in [0.05, 0.1) is 9.83 Å². The molecule has 1 aliphatic rings. The lowest BCUT2D eigenvalue weighted by molar-refractivity contribution is -0.384. The van der Waals surface area contributed by atoms with Gasteiger partial charge in [0, 0.05) is 21.7 Å². The topological polar surface area (TPSA) is 75.5 Å². The van der Waals surface area contributed by atoms with E-state index in [-0.39, 0.29) is 15.7 Å². The third-order valence-electron chi connectivity index (χ3n) is 3.40. The minimum Gasteiger partial charge on any atom is -0.283 e. The summed E-state index contributed by atoms with van der Waals surface area (Å²) in [6.45, 7) is 0. The van der Waals surface area contributed by atoms with Gasteiger partial charge in [-0.2, -0.15) is 0 Å². The molecule has 26 heavy (non-hydrogen) atoms. The van der Waals surface area contributed by atoms with Crippen molar-refractivity contribution in [3.8, 4) is 0 Å². The van der Waals surface area contributed by atoms with Gasteiger partial charge in [-0.15, -0.1) is 0 Å². The molecule has 2 aromatic rings. The van der Waals surface area contributed by atoms with Crippen molar-refractivity contribution in [2.75, 3.05) is 5.43 Å². The number of thioether (sulfide) groups is 1. The molecule has 1 heterocycles. The summed E-state index contributed by atoms with van der Waals surface area (Å²) in [6.07, 6.45) is 1.55. The van der Waals surface area contributed by atoms with Crippen molar-refractivity contribution in [1.29, 1.82) is 0 Å². The molecule has 1 aliphatic heterocycles. The lowest BCUT2D eigenvalue weighted by Crippen LogP contribution is -2.34. The standard InChI is InChI=1S/C16H9Cl2N3O3S2/c17-10-4-3-5-11(18)9(10)8-14-15(22)20(16(25)26-14)19-12-6-1-2-7-13(12)21(23)24/h1-8,19H/b14-8+. The molecule has 0 spiro atoms. The molecule has 0 aromatic heterocycles. The number of nitro groups is 1. The molecule has 0 saturated carbocycles. The van der Waals surface area contributed by atoms with Crippen molar-refractivity contribution in [2.45, 2.75) is 0 Å². The number of hydrogen-bond donors (Lipinski definition) is 1. The van der Waals surface area contributed by atoms with E-state index in [9.17, 15) is 14.9 Å². The summed E-state index contributed by atoms with van der Waals surface area (Å²) in [6, 6.07) is 11.0. The zero-order valence-corrected chi connectivity index (χ0v) is 16.0. The third-order valence-corrected chi connectivity index (χ3v) is 5.36. The summed E-state index contributed by atoms with van der Waals surface area (Å²) in [5.41, 5.74) is 3.20. The molecular weight excluding hydrogens is 417 g/mol. The Labute approximate surface area is 167 Å². The van der Waals surface area contributed by atoms with Gasteiger partial charge >= 0.3 is 0 Å². The van der Waals surface area contributed by atoms with E-state index < -0.39 is 10.8 Å². The molecule has 3 rings (SSSR count). The van der Waals surface area contributed by atoms with Gasteiger partial charge in [-0.1, -0.05) is 53.2 Å². The average molecular weight is 426 g/mol. The quantitative estimate of drug-likeness (QED) is 0.316. The summed E-state index contributed by atoms with van der Waals surface area (Å²) in [5, 5.41) is 13.0. The van der Waals surface area contributed by atoms with Crippen LogP contribution in [0.3, 0.4) is 0 Å². The molecule has 10 heteroatoms. The van der Waals surface area contributed by atoms with E-state index in [1.165, 1.54) is 18.2 Å². The maximum atomic E-state index is 12.7. The Bertz CT molecular complexity index is 945. The number of nitrogens with one attached hydrogen (secondary N) is 1. The largest absolute Gasteiger partial charge is 0.294 e. The smallest absolute Gasteiger partial charge is 0.283 e. The summed E-state index contributed by atoms with van der Waals surface area (Å²) < 4.78 is 0.211. The second-order valence-electron chi connectivity index (χ2n) is 5.04. The number of carbonyl (C=O) groups excluding carboxylic acids is 1. The third kappa shape index (κ3) is 3.68. The molecule has 0 unspecified atom stereocenters. The van der Waals surface area contributed by atoms with Crippen molar-refractivity contribution < 1.29 is 9.72 Å². The molecule has 1 fully saturated rings. The molecule has 0 aliphatic carbocycles. The minimum atomic E-state index is -0.542. The fourth-order valence-corrected chi connectivity index (χ4v) is 3.86. The zero-order chi connectivity index (χ0) is 18.8. The monoisotopic (exact) mass is 425 g/mol. The number of hydrazine groups is 1. The number of amides is 1. The number of thiocarbonyl (C=S) groups is 1. The second-order valence-corrected chi connectivity index (χ2v) is 7.53. The Balaban J connectivity index is 1.91. The summed E-state index contributed by atoms with van der Waals surface area (Å²) in [5.74, 6) is -0.450. The molecule has 6 nitrogen and oxygen atoms in total. The molecule has 132 valence electrons. The number of hydrogen-bond acceptors (Lipinski definition) is 6. The maximum Gasteiger partial charge on any atom is 0.294 e. The molecule has 0 bridgehead atoms. The molecule has 0 atom stereocenters. The molecule has 1 amide bonds. The van der Waals surface area contributed by atoms with E-state index in [2.05, 4.69) is 5.43 Å². The van der Waals surface area contributed by atoms with Crippen molar-refractivity contribution in [3.05, 3.63) is 73.1 Å². The number of carbonyl (C=O) groups is 1. The minimum absolute atomic E-state index is 0.158. The summed E-state index contributed by atoms with van der Waals surface area (Å²) >= 11 is 18.5. The van der Waals surface area contributed by atoms with Crippen LogP contribution in [-0.2, 0) is 4.79 Å². The van der Waals surface area contributed by atoms with E-state index in [1.807, 2.05) is 0 Å². The fourth-order valence-electron chi connectivity index (χ4n) is 2.19. The number of rotatable bonds is 4. The fraction of sp³-hybridized carbons (Fsp3) is 0. The lowest BCUT2D eigenvalue weighted by Gasteiger charge is -2.16. The van der Waals surface area contributed by atoms with Crippen molar-refractivity contribution >= 4 is 74.9 Å². The Morgan fingerprint density at radius 2 is 1.81 bits per heavy atom. The van der Waals surface area contributed by atoms with Gasteiger partial charge in [-0.25, -0.2) is 5.01 Å². The molecule has 1 saturated heterocycles. The maximum absolute atomic E-state index is 12.7. The lowest BCUT2D eigenvalue weighted by atomic mass is 10.2. The number of benzene rings is 2. The van der Waals surface area contributed by atoms with E-state index in [0.717, 1.165) is 16.8 Å². The van der Waals surface area contributed by atoms with Gasteiger partial charge in [-0.05, 0) is 36.5 Å². The highest BCUT2D eigenvalue weighted by molar-refractivity contribution is 8.26. The first-order valence-electron chi connectivity index (χ1n) is 7.10. The zero-order valence-electron chi connectivity index (χ0n) is 12.8. The van der Waals surface area contributed by atoms with Crippen LogP contribution < -0.4 is 5.43 Å².